The number of hydrogen-bond acceptors (Lipinski definition) is 4. The smallest absolute Gasteiger partial charge is 0.307 e. The van der Waals surface area contributed by atoms with E-state index in [0.717, 1.165) is 5.69 Å². The van der Waals surface area contributed by atoms with Crippen LogP contribution in [0.25, 0.3) is 0 Å². The molecule has 0 unspecified atom stereocenters. The van der Waals surface area contributed by atoms with Crippen molar-refractivity contribution in [2.24, 2.45) is 5.73 Å². The van der Waals surface area contributed by atoms with E-state index in [0.29, 0.717) is 26.1 Å². The van der Waals surface area contributed by atoms with Gasteiger partial charge < -0.3 is 15.2 Å². The number of carbonyl (C=O) groups excluding carboxylic acids is 1. The number of thiazole rings is 1. The summed E-state index contributed by atoms with van der Waals surface area (Å²) in [5.41, 5.74) is 8.32. The van der Waals surface area contributed by atoms with Gasteiger partial charge in [0.15, 0.2) is 0 Å². The Labute approximate surface area is 151 Å². The van der Waals surface area contributed by atoms with Gasteiger partial charge in [0.2, 0.25) is 5.91 Å². The highest BCUT2D eigenvalue weighted by Gasteiger charge is 2.33. The fourth-order valence-corrected chi connectivity index (χ4v) is 3.89. The van der Waals surface area contributed by atoms with Crippen LogP contribution in [0.2, 0.25) is 0 Å². The van der Waals surface area contributed by atoms with Gasteiger partial charge in [-0.1, -0.05) is 41.7 Å². The highest BCUT2D eigenvalue weighted by Crippen LogP contribution is 2.26. The predicted molar refractivity (Wildman–Crippen MR) is 98.9 cm³/mol. The third-order valence-corrected chi connectivity index (χ3v) is 5.35. The minimum Gasteiger partial charge on any atom is -0.340 e. The maximum absolute atomic E-state index is 12.4. The van der Waals surface area contributed by atoms with E-state index in [-0.39, 0.29) is 35.1 Å². The van der Waals surface area contributed by atoms with E-state index in [1.807, 2.05) is 35.4 Å². The fourth-order valence-electron chi connectivity index (χ4n) is 3.13. The van der Waals surface area contributed by atoms with Crippen molar-refractivity contribution in [1.29, 1.82) is 0 Å². The van der Waals surface area contributed by atoms with Crippen LogP contribution >= 0.6 is 23.7 Å². The molecule has 2 aromatic rings. The van der Waals surface area contributed by atoms with Gasteiger partial charge in [-0.15, -0.1) is 12.4 Å². The summed E-state index contributed by atoms with van der Waals surface area (Å²) >= 11 is 1.18. The zero-order chi connectivity index (χ0) is 16.4. The van der Waals surface area contributed by atoms with Gasteiger partial charge in [-0.05, 0) is 12.5 Å². The first-order valence-corrected chi connectivity index (χ1v) is 8.67. The third kappa shape index (κ3) is 3.88. The second kappa shape index (κ2) is 7.96. The Morgan fingerprint density at radius 2 is 2.00 bits per heavy atom. The molecular formula is C17H22ClN3O2S. The summed E-state index contributed by atoms with van der Waals surface area (Å²) < 4.78 is 1.66. The lowest BCUT2D eigenvalue weighted by atomic mass is 9.95. The van der Waals surface area contributed by atoms with Crippen LogP contribution < -0.4 is 10.6 Å². The number of carbonyl (C=O) groups is 1. The summed E-state index contributed by atoms with van der Waals surface area (Å²) in [7, 11) is 0. The lowest BCUT2D eigenvalue weighted by Crippen LogP contribution is -2.33. The van der Waals surface area contributed by atoms with Crippen molar-refractivity contribution in [1.82, 2.24) is 9.47 Å². The van der Waals surface area contributed by atoms with Crippen LogP contribution in [-0.4, -0.2) is 34.5 Å². The molecule has 1 aliphatic rings. The van der Waals surface area contributed by atoms with Gasteiger partial charge in [0.1, 0.15) is 0 Å². The molecule has 1 amide bonds. The van der Waals surface area contributed by atoms with Crippen LogP contribution in [0.4, 0.5) is 0 Å². The van der Waals surface area contributed by atoms with E-state index in [1.165, 1.54) is 16.9 Å². The highest BCUT2D eigenvalue weighted by atomic mass is 35.5. The van der Waals surface area contributed by atoms with Crippen molar-refractivity contribution in [3.63, 3.8) is 0 Å². The number of nitrogens with two attached hydrogens (primary N) is 1. The molecule has 1 aromatic heterocycles. The molecule has 0 saturated carbocycles. The standard InChI is InChI=1S/C17H21N3O2S.ClH/c1-12-11-23-17(22)20(12)8-7-16(21)19-9-14(15(18)10-19)13-5-3-2-4-6-13;/h2-6,11,14-15H,7-10,18H2,1H3;1H/t14-,15+;/m0./s1. The zero-order valence-corrected chi connectivity index (χ0v) is 15.2. The number of likely N-dealkylation sites (tertiary alicyclic amines) is 1. The number of rotatable bonds is 4. The molecule has 1 aliphatic heterocycles. The molecule has 24 heavy (non-hydrogen) atoms. The van der Waals surface area contributed by atoms with E-state index in [4.69, 9.17) is 5.73 Å². The molecule has 1 saturated heterocycles. The molecule has 0 bridgehead atoms. The second-order valence-corrected chi connectivity index (χ2v) is 6.85. The van der Waals surface area contributed by atoms with E-state index >= 15 is 0 Å². The van der Waals surface area contributed by atoms with Gasteiger partial charge >= 0.3 is 4.87 Å². The number of nitrogens with zero attached hydrogens (tertiary/aromatic N) is 2. The minimum atomic E-state index is -0.0352. The summed E-state index contributed by atoms with van der Waals surface area (Å²) in [6.45, 7) is 3.56. The number of amides is 1. The van der Waals surface area contributed by atoms with Crippen molar-refractivity contribution in [3.8, 4) is 0 Å². The van der Waals surface area contributed by atoms with Crippen LogP contribution in [0.5, 0.6) is 0 Å². The normalized spacial score (nSPS) is 20.0. The summed E-state index contributed by atoms with van der Waals surface area (Å²) in [5.74, 6) is 0.252. The molecular weight excluding hydrogens is 346 g/mol. The Hall–Kier alpha value is -1.63. The summed E-state index contributed by atoms with van der Waals surface area (Å²) in [5, 5.41) is 1.82. The Balaban J connectivity index is 0.00000208. The van der Waals surface area contributed by atoms with Gasteiger partial charge in [0, 0.05) is 49.1 Å². The molecule has 2 N–H and O–H groups in total. The molecule has 5 nitrogen and oxygen atoms in total. The largest absolute Gasteiger partial charge is 0.340 e. The van der Waals surface area contributed by atoms with E-state index in [9.17, 15) is 9.59 Å². The van der Waals surface area contributed by atoms with Gasteiger partial charge in [-0.3, -0.25) is 9.59 Å². The second-order valence-electron chi connectivity index (χ2n) is 6.02. The molecule has 130 valence electrons. The molecule has 2 atom stereocenters. The Bertz CT molecular complexity index is 744. The first-order chi connectivity index (χ1) is 11.1. The maximum atomic E-state index is 12.4. The van der Waals surface area contributed by atoms with Crippen molar-refractivity contribution >= 4 is 29.7 Å². The molecule has 0 aliphatic carbocycles. The monoisotopic (exact) mass is 367 g/mol. The molecule has 7 heteroatoms. The zero-order valence-electron chi connectivity index (χ0n) is 13.6. The SMILES string of the molecule is Cc1csc(=O)n1CCC(=O)N1C[C@@H](N)[C@H](c2ccccc2)C1.Cl. The lowest BCUT2D eigenvalue weighted by Gasteiger charge is -2.17. The summed E-state index contributed by atoms with van der Waals surface area (Å²) in [6.07, 6.45) is 0.339. The highest BCUT2D eigenvalue weighted by molar-refractivity contribution is 7.07. The average Bonchev–Trinajstić information content (AvgIpc) is 3.09. The lowest BCUT2D eigenvalue weighted by molar-refractivity contribution is -0.130. The van der Waals surface area contributed by atoms with Gasteiger partial charge in [-0.2, -0.15) is 0 Å². The maximum Gasteiger partial charge on any atom is 0.307 e. The first kappa shape index (κ1) is 18.7. The van der Waals surface area contributed by atoms with Crippen molar-refractivity contribution in [2.75, 3.05) is 13.1 Å². The molecule has 0 spiro atoms. The van der Waals surface area contributed by atoms with Crippen LogP contribution in [0.15, 0.2) is 40.5 Å². The number of benzene rings is 1. The number of halogens is 1. The van der Waals surface area contributed by atoms with Crippen molar-refractivity contribution in [2.45, 2.75) is 31.8 Å². The Morgan fingerprint density at radius 3 is 2.62 bits per heavy atom. The van der Waals surface area contributed by atoms with E-state index in [2.05, 4.69) is 12.1 Å². The average molecular weight is 368 g/mol. The fraction of sp³-hybridized carbons (Fsp3) is 0.412. The predicted octanol–water partition coefficient (Wildman–Crippen LogP) is 1.98. The Morgan fingerprint density at radius 1 is 1.29 bits per heavy atom. The summed E-state index contributed by atoms with van der Waals surface area (Å²) in [4.78, 5) is 26.0. The van der Waals surface area contributed by atoms with Crippen molar-refractivity contribution < 1.29 is 4.79 Å². The van der Waals surface area contributed by atoms with E-state index in [1.54, 1.807) is 4.57 Å². The molecule has 0 radical (unpaired) electrons. The topological polar surface area (TPSA) is 68.3 Å². The van der Waals surface area contributed by atoms with Gasteiger partial charge in [0.05, 0.1) is 0 Å². The van der Waals surface area contributed by atoms with Crippen LogP contribution in [0.3, 0.4) is 0 Å². The van der Waals surface area contributed by atoms with Gasteiger partial charge in [-0.25, -0.2) is 0 Å². The van der Waals surface area contributed by atoms with Crippen LogP contribution in [-0.2, 0) is 11.3 Å². The van der Waals surface area contributed by atoms with Crippen LogP contribution in [0, 0.1) is 6.92 Å². The minimum absolute atomic E-state index is 0. The molecule has 3 rings (SSSR count). The van der Waals surface area contributed by atoms with Crippen LogP contribution in [0.1, 0.15) is 23.6 Å². The quantitative estimate of drug-likeness (QED) is 0.898. The third-order valence-electron chi connectivity index (χ3n) is 4.47. The first-order valence-electron chi connectivity index (χ1n) is 7.79. The number of hydrogen-bond donors (Lipinski definition) is 1. The van der Waals surface area contributed by atoms with E-state index < -0.39 is 0 Å². The summed E-state index contributed by atoms with van der Waals surface area (Å²) in [6, 6.07) is 10.1. The molecule has 1 fully saturated rings. The van der Waals surface area contributed by atoms with Gasteiger partial charge in [0.25, 0.3) is 0 Å². The number of aromatic nitrogens is 1. The Kier molecular flexibility index (Phi) is 6.21. The molecule has 1 aromatic carbocycles. The van der Waals surface area contributed by atoms with Crippen molar-refractivity contribution in [3.05, 3.63) is 56.6 Å². The molecule has 2 heterocycles. The number of aryl methyl sites for hydroxylation is 1.